The molecule has 0 fully saturated rings. The Morgan fingerprint density at radius 3 is 2.88 bits per heavy atom. The topological polar surface area (TPSA) is 38.9 Å². The smallest absolute Gasteiger partial charge is 0.141 e. The first-order chi connectivity index (χ1) is 8.15. The van der Waals surface area contributed by atoms with E-state index in [0.717, 1.165) is 10.5 Å². The predicted octanol–water partition coefficient (Wildman–Crippen LogP) is 3.75. The predicted molar refractivity (Wildman–Crippen MR) is 69.6 cm³/mol. The molecule has 5 heteroatoms. The fourth-order valence-electron chi connectivity index (χ4n) is 1.33. The Labute approximate surface area is 108 Å². The summed E-state index contributed by atoms with van der Waals surface area (Å²) in [5, 5.41) is 0.638. The van der Waals surface area contributed by atoms with Gasteiger partial charge in [0, 0.05) is 27.6 Å². The van der Waals surface area contributed by atoms with Gasteiger partial charge in [-0.3, -0.25) is 4.98 Å². The summed E-state index contributed by atoms with van der Waals surface area (Å²) in [7, 11) is 0. The lowest BCUT2D eigenvalue weighted by Crippen LogP contribution is -1.90. The molecule has 0 saturated heterocycles. The van der Waals surface area contributed by atoms with E-state index in [0.29, 0.717) is 16.5 Å². The zero-order valence-corrected chi connectivity index (χ0v) is 10.4. The van der Waals surface area contributed by atoms with Crippen molar-refractivity contribution >= 4 is 29.1 Å². The Kier molecular flexibility index (Phi) is 3.86. The van der Waals surface area contributed by atoms with Gasteiger partial charge in [-0.05, 0) is 29.8 Å². The van der Waals surface area contributed by atoms with Crippen molar-refractivity contribution < 1.29 is 4.39 Å². The molecule has 1 heterocycles. The van der Waals surface area contributed by atoms with Gasteiger partial charge in [-0.15, -0.1) is 11.8 Å². The largest absolute Gasteiger partial charge is 0.398 e. The third kappa shape index (κ3) is 3.35. The molecule has 1 aromatic carbocycles. The number of hydrogen-bond acceptors (Lipinski definition) is 3. The van der Waals surface area contributed by atoms with Crippen LogP contribution in [0.25, 0.3) is 0 Å². The summed E-state index contributed by atoms with van der Waals surface area (Å²) < 4.78 is 12.9. The van der Waals surface area contributed by atoms with Crippen molar-refractivity contribution in [3.8, 4) is 0 Å². The maximum Gasteiger partial charge on any atom is 0.141 e. The summed E-state index contributed by atoms with van der Waals surface area (Å²) in [6, 6.07) is 6.76. The van der Waals surface area contributed by atoms with E-state index in [-0.39, 0.29) is 5.82 Å². The van der Waals surface area contributed by atoms with Gasteiger partial charge in [-0.25, -0.2) is 4.39 Å². The highest BCUT2D eigenvalue weighted by atomic mass is 35.5. The normalized spacial score (nSPS) is 10.5. The van der Waals surface area contributed by atoms with E-state index in [1.165, 1.54) is 24.0 Å². The van der Waals surface area contributed by atoms with E-state index in [1.54, 1.807) is 24.4 Å². The Balaban J connectivity index is 2.09. The van der Waals surface area contributed by atoms with Crippen molar-refractivity contribution in [2.45, 2.75) is 10.6 Å². The molecule has 0 aliphatic heterocycles. The van der Waals surface area contributed by atoms with Crippen LogP contribution >= 0.6 is 23.4 Å². The van der Waals surface area contributed by atoms with Crippen LogP contribution in [0.15, 0.2) is 41.6 Å². The number of rotatable bonds is 3. The van der Waals surface area contributed by atoms with E-state index in [9.17, 15) is 4.39 Å². The number of nitrogens with zero attached hydrogens (tertiary/aromatic N) is 1. The number of pyridine rings is 1. The molecule has 0 aliphatic rings. The van der Waals surface area contributed by atoms with Gasteiger partial charge in [-0.1, -0.05) is 11.6 Å². The first-order valence-corrected chi connectivity index (χ1v) is 6.29. The van der Waals surface area contributed by atoms with Crippen LogP contribution in [0, 0.1) is 5.82 Å². The van der Waals surface area contributed by atoms with Crippen molar-refractivity contribution in [1.29, 1.82) is 0 Å². The Bertz CT molecular complexity index is 534. The van der Waals surface area contributed by atoms with Crippen molar-refractivity contribution in [2.24, 2.45) is 0 Å². The lowest BCUT2D eigenvalue weighted by Gasteiger charge is -2.05. The number of benzene rings is 1. The van der Waals surface area contributed by atoms with Crippen LogP contribution in [0.2, 0.25) is 5.02 Å². The summed E-state index contributed by atoms with van der Waals surface area (Å²) >= 11 is 7.39. The number of nitrogens with two attached hydrogens (primary N) is 1. The van der Waals surface area contributed by atoms with E-state index in [4.69, 9.17) is 17.3 Å². The summed E-state index contributed by atoms with van der Waals surface area (Å²) in [4.78, 5) is 4.68. The van der Waals surface area contributed by atoms with E-state index >= 15 is 0 Å². The molecule has 1 aromatic heterocycles. The minimum Gasteiger partial charge on any atom is -0.398 e. The van der Waals surface area contributed by atoms with Gasteiger partial charge in [0.05, 0.1) is 6.20 Å². The quantitative estimate of drug-likeness (QED) is 0.681. The van der Waals surface area contributed by atoms with Crippen molar-refractivity contribution in [3.05, 3.63) is 53.1 Å². The van der Waals surface area contributed by atoms with E-state index < -0.39 is 0 Å². The molecule has 2 N–H and O–H groups in total. The summed E-state index contributed by atoms with van der Waals surface area (Å²) in [6.45, 7) is 0. The fraction of sp³-hybridized carbons (Fsp3) is 0.0833. The SMILES string of the molecule is Nc1ccc(Cl)cc1SCc1cncc(F)c1. The van der Waals surface area contributed by atoms with Crippen molar-refractivity contribution in [2.75, 3.05) is 5.73 Å². The molecule has 0 saturated carbocycles. The van der Waals surface area contributed by atoms with Gasteiger partial charge in [0.2, 0.25) is 0 Å². The minimum absolute atomic E-state index is 0.331. The maximum atomic E-state index is 12.9. The number of nitrogen functional groups attached to an aromatic ring is 1. The number of thioether (sulfide) groups is 1. The van der Waals surface area contributed by atoms with Gasteiger partial charge >= 0.3 is 0 Å². The molecule has 0 bridgehead atoms. The van der Waals surface area contributed by atoms with Gasteiger partial charge in [0.25, 0.3) is 0 Å². The first-order valence-electron chi connectivity index (χ1n) is 4.92. The Morgan fingerprint density at radius 2 is 2.12 bits per heavy atom. The van der Waals surface area contributed by atoms with Crippen LogP contribution in [-0.2, 0) is 5.75 Å². The molecule has 0 radical (unpaired) electrons. The van der Waals surface area contributed by atoms with Crippen LogP contribution in [0.1, 0.15) is 5.56 Å². The van der Waals surface area contributed by atoms with Gasteiger partial charge in [0.1, 0.15) is 5.82 Å². The first kappa shape index (κ1) is 12.2. The highest BCUT2D eigenvalue weighted by molar-refractivity contribution is 7.98. The molecular weight excluding hydrogens is 259 g/mol. The lowest BCUT2D eigenvalue weighted by atomic mass is 10.3. The highest BCUT2D eigenvalue weighted by Crippen LogP contribution is 2.30. The second kappa shape index (κ2) is 5.38. The van der Waals surface area contributed by atoms with E-state index in [2.05, 4.69) is 4.98 Å². The van der Waals surface area contributed by atoms with Gasteiger partial charge < -0.3 is 5.73 Å². The van der Waals surface area contributed by atoms with Crippen molar-refractivity contribution in [1.82, 2.24) is 4.98 Å². The third-order valence-corrected chi connectivity index (χ3v) is 3.51. The molecule has 0 aliphatic carbocycles. The average Bonchev–Trinajstić information content (AvgIpc) is 2.30. The third-order valence-electron chi connectivity index (χ3n) is 2.13. The Morgan fingerprint density at radius 1 is 1.29 bits per heavy atom. The molecule has 2 nitrogen and oxygen atoms in total. The molecule has 88 valence electrons. The monoisotopic (exact) mass is 268 g/mol. The zero-order valence-electron chi connectivity index (χ0n) is 8.86. The van der Waals surface area contributed by atoms with Crippen LogP contribution in [0.5, 0.6) is 0 Å². The number of hydrogen-bond donors (Lipinski definition) is 1. The molecule has 0 spiro atoms. The minimum atomic E-state index is -0.331. The number of halogens is 2. The van der Waals surface area contributed by atoms with Crippen LogP contribution < -0.4 is 5.73 Å². The second-order valence-electron chi connectivity index (χ2n) is 3.48. The second-order valence-corrected chi connectivity index (χ2v) is 4.94. The lowest BCUT2D eigenvalue weighted by molar-refractivity contribution is 0.619. The van der Waals surface area contributed by atoms with Gasteiger partial charge in [-0.2, -0.15) is 0 Å². The summed E-state index contributed by atoms with van der Waals surface area (Å²) in [5.74, 6) is 0.275. The molecule has 0 atom stereocenters. The van der Waals surface area contributed by atoms with Crippen molar-refractivity contribution in [3.63, 3.8) is 0 Å². The maximum absolute atomic E-state index is 12.9. The molecule has 0 amide bonds. The van der Waals surface area contributed by atoms with Crippen LogP contribution in [0.3, 0.4) is 0 Å². The standard InChI is InChI=1S/C12H10ClFN2S/c13-9-1-2-11(15)12(4-9)17-7-8-3-10(14)6-16-5-8/h1-6H,7,15H2. The molecule has 2 rings (SSSR count). The Hall–Kier alpha value is -1.26. The average molecular weight is 269 g/mol. The summed E-state index contributed by atoms with van der Waals surface area (Å²) in [6.07, 6.45) is 2.82. The van der Waals surface area contributed by atoms with E-state index in [1.807, 2.05) is 0 Å². The molecule has 17 heavy (non-hydrogen) atoms. The van der Waals surface area contributed by atoms with Gasteiger partial charge in [0.15, 0.2) is 0 Å². The molecule has 2 aromatic rings. The number of anilines is 1. The fourth-order valence-corrected chi connectivity index (χ4v) is 2.49. The number of aromatic nitrogens is 1. The summed E-state index contributed by atoms with van der Waals surface area (Å²) in [5.41, 5.74) is 7.30. The van der Waals surface area contributed by atoms with Crippen LogP contribution in [-0.4, -0.2) is 4.98 Å². The van der Waals surface area contributed by atoms with Crippen LogP contribution in [0.4, 0.5) is 10.1 Å². The molecular formula is C12H10ClFN2S. The zero-order chi connectivity index (χ0) is 12.3. The molecule has 0 unspecified atom stereocenters. The highest BCUT2D eigenvalue weighted by Gasteiger charge is 2.03.